The Morgan fingerprint density at radius 3 is 2.38 bits per heavy atom. The number of rotatable bonds is 15. The van der Waals surface area contributed by atoms with Crippen molar-refractivity contribution < 1.29 is 0 Å². The molecule has 1 aromatic rings. The monoisotopic (exact) mass is 344 g/mol. The van der Waals surface area contributed by atoms with E-state index in [9.17, 15) is 0 Å². The number of hydrogen-bond acceptors (Lipinski definition) is 1. The maximum atomic E-state index is 3.82. The van der Waals surface area contributed by atoms with Gasteiger partial charge in [-0.1, -0.05) is 81.9 Å². The Labute approximate surface area is 154 Å². The molecule has 0 aliphatic rings. The van der Waals surface area contributed by atoms with Crippen LogP contribution in [0.5, 0.6) is 0 Å². The van der Waals surface area contributed by atoms with Gasteiger partial charge in [-0.2, -0.15) is 0 Å². The van der Waals surface area contributed by atoms with Crippen molar-refractivity contribution in [2.75, 3.05) is 0 Å². The predicted molar refractivity (Wildman–Crippen MR) is 112 cm³/mol. The van der Waals surface area contributed by atoms with Crippen molar-refractivity contribution in [2.45, 2.75) is 87.7 Å². The molecule has 1 unspecified atom stereocenters. The average Bonchev–Trinajstić information content (AvgIpc) is 2.61. The van der Waals surface area contributed by atoms with Crippen LogP contribution >= 0.6 is 11.8 Å². The number of unbranched alkanes of at least 4 members (excludes halogenated alkanes) is 8. The maximum absolute atomic E-state index is 3.82. The lowest BCUT2D eigenvalue weighted by molar-refractivity contribution is 0.611. The van der Waals surface area contributed by atoms with Gasteiger partial charge in [-0.15, -0.1) is 18.3 Å². The fourth-order valence-corrected chi connectivity index (χ4v) is 3.93. The third kappa shape index (κ3) is 11.6. The molecule has 0 N–H and O–H groups in total. The number of hydrogen-bond donors (Lipinski definition) is 0. The first-order valence-electron chi connectivity index (χ1n) is 9.86. The van der Waals surface area contributed by atoms with Gasteiger partial charge in [0.15, 0.2) is 0 Å². The van der Waals surface area contributed by atoms with Gasteiger partial charge in [-0.05, 0) is 44.2 Å². The summed E-state index contributed by atoms with van der Waals surface area (Å²) >= 11 is 2.01. The third-order valence-electron chi connectivity index (χ3n) is 4.25. The minimum absolute atomic E-state index is 0.609. The van der Waals surface area contributed by atoms with E-state index in [1.165, 1.54) is 69.1 Å². The zero-order valence-electron chi connectivity index (χ0n) is 15.6. The standard InChI is InChI=1S/C23H36S/c1-3-5-7-9-10-11-12-15-19-22(18-14-8-6-4-2)24-23-20-16-13-17-21-23/h4,13,15-17,19-22H,2-3,5-12,14,18H2,1H3/b19-15-. The molecule has 0 nitrogen and oxygen atoms in total. The Bertz CT molecular complexity index is 421. The van der Waals surface area contributed by atoms with E-state index in [4.69, 9.17) is 0 Å². The van der Waals surface area contributed by atoms with Crippen molar-refractivity contribution in [3.8, 4) is 0 Å². The predicted octanol–water partition coefficient (Wildman–Crippen LogP) is 8.20. The molecule has 134 valence electrons. The minimum atomic E-state index is 0.609. The van der Waals surface area contributed by atoms with E-state index >= 15 is 0 Å². The summed E-state index contributed by atoms with van der Waals surface area (Å²) in [6.45, 7) is 6.10. The van der Waals surface area contributed by atoms with Crippen LogP contribution in [-0.2, 0) is 0 Å². The molecule has 24 heavy (non-hydrogen) atoms. The van der Waals surface area contributed by atoms with Crippen molar-refractivity contribution in [3.63, 3.8) is 0 Å². The first-order valence-corrected chi connectivity index (χ1v) is 10.7. The van der Waals surface area contributed by atoms with Crippen molar-refractivity contribution in [3.05, 3.63) is 55.1 Å². The van der Waals surface area contributed by atoms with Crippen molar-refractivity contribution >= 4 is 11.8 Å². The summed E-state index contributed by atoms with van der Waals surface area (Å²) in [5, 5.41) is 0.609. The minimum Gasteiger partial charge on any atom is -0.119 e. The van der Waals surface area contributed by atoms with Crippen LogP contribution in [0.15, 0.2) is 60.0 Å². The van der Waals surface area contributed by atoms with E-state index < -0.39 is 0 Å². The summed E-state index contributed by atoms with van der Waals surface area (Å²) in [7, 11) is 0. The second-order valence-corrected chi connectivity index (χ2v) is 7.84. The van der Waals surface area contributed by atoms with Crippen LogP contribution in [0.4, 0.5) is 0 Å². The molecule has 0 amide bonds. The molecule has 0 aromatic heterocycles. The molecule has 1 aromatic carbocycles. The van der Waals surface area contributed by atoms with E-state index in [0.717, 1.165) is 6.42 Å². The lowest BCUT2D eigenvalue weighted by Crippen LogP contribution is -1.98. The van der Waals surface area contributed by atoms with Gasteiger partial charge in [0.2, 0.25) is 0 Å². The van der Waals surface area contributed by atoms with E-state index in [0.29, 0.717) is 5.25 Å². The molecule has 0 heterocycles. The SMILES string of the molecule is C=CCCCCC(/C=C\CCCCCCCC)Sc1ccccc1. The fourth-order valence-electron chi connectivity index (χ4n) is 2.79. The Morgan fingerprint density at radius 1 is 0.917 bits per heavy atom. The summed E-state index contributed by atoms with van der Waals surface area (Å²) in [4.78, 5) is 1.38. The van der Waals surface area contributed by atoms with Gasteiger partial charge in [0, 0.05) is 10.1 Å². The molecule has 0 saturated heterocycles. The maximum Gasteiger partial charge on any atom is 0.0274 e. The normalized spacial score (nSPS) is 12.5. The van der Waals surface area contributed by atoms with Crippen LogP contribution in [0, 0.1) is 0 Å². The molecule has 0 radical (unpaired) electrons. The van der Waals surface area contributed by atoms with Gasteiger partial charge in [-0.3, -0.25) is 0 Å². The Kier molecular flexibility index (Phi) is 13.7. The zero-order valence-corrected chi connectivity index (χ0v) is 16.4. The van der Waals surface area contributed by atoms with Gasteiger partial charge < -0.3 is 0 Å². The van der Waals surface area contributed by atoms with E-state index in [-0.39, 0.29) is 0 Å². The molecule has 1 atom stereocenters. The van der Waals surface area contributed by atoms with Crippen LogP contribution in [0.3, 0.4) is 0 Å². The highest BCUT2D eigenvalue weighted by Crippen LogP contribution is 2.28. The number of allylic oxidation sites excluding steroid dienone is 2. The molecule has 0 spiro atoms. The summed E-state index contributed by atoms with van der Waals surface area (Å²) in [5.41, 5.74) is 0. The first-order chi connectivity index (χ1) is 11.9. The van der Waals surface area contributed by atoms with Gasteiger partial charge in [0.1, 0.15) is 0 Å². The Hall–Kier alpha value is -0.950. The summed E-state index contributed by atoms with van der Waals surface area (Å²) in [6, 6.07) is 10.8. The third-order valence-corrected chi connectivity index (χ3v) is 5.49. The molecule has 0 fully saturated rings. The quantitative estimate of drug-likeness (QED) is 0.175. The molecule has 1 heteroatoms. The van der Waals surface area contributed by atoms with Crippen molar-refractivity contribution in [2.24, 2.45) is 0 Å². The second-order valence-electron chi connectivity index (χ2n) is 6.53. The molecule has 0 aliphatic heterocycles. The summed E-state index contributed by atoms with van der Waals surface area (Å²) in [5.74, 6) is 0. The highest BCUT2D eigenvalue weighted by atomic mass is 32.2. The number of benzene rings is 1. The van der Waals surface area contributed by atoms with Gasteiger partial charge in [0.05, 0.1) is 0 Å². The highest BCUT2D eigenvalue weighted by molar-refractivity contribution is 8.00. The largest absolute Gasteiger partial charge is 0.119 e. The van der Waals surface area contributed by atoms with Gasteiger partial charge in [-0.25, -0.2) is 0 Å². The average molecular weight is 345 g/mol. The Morgan fingerprint density at radius 2 is 1.62 bits per heavy atom. The summed E-state index contributed by atoms with van der Waals surface area (Å²) in [6.07, 6.45) is 21.4. The smallest absolute Gasteiger partial charge is 0.0274 e. The van der Waals surface area contributed by atoms with Crippen LogP contribution < -0.4 is 0 Å². The van der Waals surface area contributed by atoms with Crippen LogP contribution in [0.1, 0.15) is 77.6 Å². The molecule has 1 rings (SSSR count). The van der Waals surface area contributed by atoms with Crippen molar-refractivity contribution in [1.29, 1.82) is 0 Å². The molecule has 0 bridgehead atoms. The zero-order chi connectivity index (χ0) is 17.3. The second kappa shape index (κ2) is 15.6. The summed E-state index contributed by atoms with van der Waals surface area (Å²) < 4.78 is 0. The van der Waals surface area contributed by atoms with Gasteiger partial charge >= 0.3 is 0 Å². The molecule has 0 saturated carbocycles. The lowest BCUT2D eigenvalue weighted by Gasteiger charge is -2.12. The molecular formula is C23H36S. The van der Waals surface area contributed by atoms with Crippen LogP contribution in [-0.4, -0.2) is 5.25 Å². The lowest BCUT2D eigenvalue weighted by atomic mass is 10.1. The van der Waals surface area contributed by atoms with Crippen LogP contribution in [0.2, 0.25) is 0 Å². The topological polar surface area (TPSA) is 0 Å². The van der Waals surface area contributed by atoms with E-state index in [1.54, 1.807) is 0 Å². The van der Waals surface area contributed by atoms with Crippen LogP contribution in [0.25, 0.3) is 0 Å². The van der Waals surface area contributed by atoms with E-state index in [2.05, 4.69) is 56.0 Å². The van der Waals surface area contributed by atoms with Crippen molar-refractivity contribution in [1.82, 2.24) is 0 Å². The number of thioether (sulfide) groups is 1. The fraction of sp³-hybridized carbons (Fsp3) is 0.565. The molecule has 0 aliphatic carbocycles. The van der Waals surface area contributed by atoms with E-state index in [1.807, 2.05) is 17.8 Å². The Balaban J connectivity index is 2.31. The first kappa shape index (κ1) is 21.1. The highest BCUT2D eigenvalue weighted by Gasteiger charge is 2.06. The van der Waals surface area contributed by atoms with Gasteiger partial charge in [0.25, 0.3) is 0 Å². The molecular weight excluding hydrogens is 308 g/mol.